The van der Waals surface area contributed by atoms with Crippen LogP contribution in [0.25, 0.3) is 0 Å². The van der Waals surface area contributed by atoms with Gasteiger partial charge in [-0.25, -0.2) is 40.2 Å². The Bertz CT molecular complexity index is 5640. The molecular weight excluding hydrogens is 1730 g/mol. The lowest BCUT2D eigenvalue weighted by Crippen LogP contribution is -2.35. The summed E-state index contributed by atoms with van der Waals surface area (Å²) in [4.78, 5) is 34.3. The molecule has 3 aromatic carbocycles. The van der Waals surface area contributed by atoms with Crippen molar-refractivity contribution in [1.29, 1.82) is 0 Å². The van der Waals surface area contributed by atoms with Crippen molar-refractivity contribution in [2.75, 3.05) is 124 Å². The Balaban J connectivity index is 0.000000162. The van der Waals surface area contributed by atoms with Gasteiger partial charge in [0.1, 0.15) is 32.3 Å². The van der Waals surface area contributed by atoms with Gasteiger partial charge in [0.15, 0.2) is 27.3 Å². The summed E-state index contributed by atoms with van der Waals surface area (Å²) in [6, 6.07) is 13.0. The largest absolute Gasteiger partial charge is 0.489 e. The molecule has 0 unspecified atom stereocenters. The monoisotopic (exact) mass is 1850 g/mol. The van der Waals surface area contributed by atoms with E-state index in [1.54, 1.807) is 79.3 Å². The van der Waals surface area contributed by atoms with Crippen LogP contribution in [0.5, 0.6) is 17.2 Å². The number of nitrogens with zero attached hydrogens (tertiary/aromatic N) is 15. The van der Waals surface area contributed by atoms with Gasteiger partial charge >= 0.3 is 0 Å². The predicted molar refractivity (Wildman–Crippen MR) is 496 cm³/mol. The molecular formula is C88H122Cl3N21O11S3. The van der Waals surface area contributed by atoms with E-state index < -0.39 is 40.0 Å². The maximum atomic E-state index is 13.1. The molecule has 32 nitrogen and oxygen atoms in total. The average Bonchev–Trinajstić information content (AvgIpc) is 1.58. The summed E-state index contributed by atoms with van der Waals surface area (Å²) < 4.78 is 112. The molecule has 9 aromatic rings. The number of piperidine rings is 3. The molecule has 0 radical (unpaired) electrons. The van der Waals surface area contributed by atoms with Gasteiger partial charge in [0.05, 0.1) is 113 Å². The Morgan fingerprint density at radius 1 is 0.437 bits per heavy atom. The molecule has 3 saturated carbocycles. The van der Waals surface area contributed by atoms with E-state index in [1.165, 1.54) is 61.3 Å². The minimum Gasteiger partial charge on any atom is -0.489 e. The van der Waals surface area contributed by atoms with E-state index in [4.69, 9.17) is 58.5 Å². The van der Waals surface area contributed by atoms with Gasteiger partial charge in [0.25, 0.3) is 0 Å². The van der Waals surface area contributed by atoms with Gasteiger partial charge < -0.3 is 70.3 Å². The van der Waals surface area contributed by atoms with Crippen molar-refractivity contribution in [1.82, 2.24) is 73.9 Å². The summed E-state index contributed by atoms with van der Waals surface area (Å²) in [5.74, 6) is 5.41. The van der Waals surface area contributed by atoms with Gasteiger partial charge in [-0.05, 0) is 279 Å². The highest BCUT2D eigenvalue weighted by Crippen LogP contribution is 2.46. The van der Waals surface area contributed by atoms with Crippen LogP contribution in [0.3, 0.4) is 0 Å². The second-order valence-corrected chi connectivity index (χ2v) is 43.1. The molecule has 0 atom stereocenters. The van der Waals surface area contributed by atoms with Gasteiger partial charge in [0, 0.05) is 53.8 Å². The first-order chi connectivity index (χ1) is 60.0. The highest BCUT2D eigenvalue weighted by atomic mass is 35.5. The van der Waals surface area contributed by atoms with Crippen LogP contribution in [0, 0.1) is 26.7 Å². The first-order valence-electron chi connectivity index (χ1n) is 43.6. The van der Waals surface area contributed by atoms with E-state index in [2.05, 4.69) is 156 Å². The number of benzene rings is 3. The highest BCUT2D eigenvalue weighted by Gasteiger charge is 2.36. The summed E-state index contributed by atoms with van der Waals surface area (Å²) in [5, 5.41) is 31.4. The summed E-state index contributed by atoms with van der Waals surface area (Å²) in [5.41, 5.74) is 10.8. The Labute approximate surface area is 756 Å². The highest BCUT2D eigenvalue weighted by molar-refractivity contribution is 7.92. The fourth-order valence-electron chi connectivity index (χ4n) is 15.7. The first kappa shape index (κ1) is 94.9. The number of ether oxygens (including phenoxy) is 5. The summed E-state index contributed by atoms with van der Waals surface area (Å²) in [6.07, 6.45) is 22.5. The lowest BCUT2D eigenvalue weighted by molar-refractivity contribution is 0.130. The number of rotatable bonds is 35. The lowest BCUT2D eigenvalue weighted by Gasteiger charge is -2.33. The number of aryl methyl sites for hydroxylation is 5. The van der Waals surface area contributed by atoms with Crippen molar-refractivity contribution in [2.45, 2.75) is 221 Å². The fraction of sp³-hybridized carbons (Fsp3) is 0.557. The normalized spacial score (nSPS) is 16.7. The van der Waals surface area contributed by atoms with Crippen molar-refractivity contribution in [3.63, 3.8) is 0 Å². The third-order valence-corrected chi connectivity index (χ3v) is 30.1. The summed E-state index contributed by atoms with van der Waals surface area (Å²) >= 11 is 19.4. The Hall–Kier alpha value is -8.75. The van der Waals surface area contributed by atoms with Gasteiger partial charge in [-0.15, -0.1) is 0 Å². The van der Waals surface area contributed by atoms with Gasteiger partial charge in [-0.1, -0.05) is 48.7 Å². The lowest BCUT2D eigenvalue weighted by atomic mass is 9.86. The molecule has 0 amide bonds. The van der Waals surface area contributed by atoms with Crippen molar-refractivity contribution in [3.05, 3.63) is 122 Å². The number of likely N-dealkylation sites (tertiary alicyclic amines) is 3. The summed E-state index contributed by atoms with van der Waals surface area (Å²) in [6.45, 7) is 30.5. The quantitative estimate of drug-likeness (QED) is 0.0215. The van der Waals surface area contributed by atoms with Crippen LogP contribution in [0.2, 0.25) is 15.1 Å². The predicted octanol–water partition coefficient (Wildman–Crippen LogP) is 16.9. The van der Waals surface area contributed by atoms with Crippen molar-refractivity contribution < 1.29 is 48.9 Å². The standard InChI is InChI=1S/C30H42ClN7O4S.C29H40ClN7O4S.C29H40ClN7O3S/c1-19(2)18-43(39,40)29-26(17-37(4)36-29)33-28-24(31)16-32-30(35-28)34-25-14-20(3)23(15-27(25)42-22-6-7-22)21-8-10-38(11-9-21)12-13-41-5;1-18(2)42(38,39)28-25(17-36(4)35-28)32-27-23(30)16-31-29(34-27)33-24-14-19(3)22(15-26(24)41-21-6-7-21)20-8-10-37(11-9-20)12-13-40-5;1-17(2)40-26-14-22(20-9-11-36(6)12-10-20)19(5)13-24(26)33-29-31-15-23(30)27(34-29)32-25-16-37(21-7-8-21)35-28(25)41(38,39)18(3)4/h14-17,19,21-22H,6-13,18H2,1-5H3,(H2,32,33,34,35);14-18,20-21H,6-13H2,1-5H3,(H2,31,32,33,34);13-18,20-21H,7-12H2,1-6H3,(H2,31,32,33,34). The second-order valence-electron chi connectivity index (χ2n) is 35.1. The number of hydrogen-bond donors (Lipinski definition) is 6. The second kappa shape index (κ2) is 41.3. The molecule has 126 heavy (non-hydrogen) atoms. The number of methoxy groups -OCH3 is 2. The van der Waals surface area contributed by atoms with E-state index in [9.17, 15) is 25.3 Å². The number of hydrogen-bond acceptors (Lipinski definition) is 29. The molecule has 6 fully saturated rings. The number of sulfone groups is 3. The van der Waals surface area contributed by atoms with Crippen LogP contribution in [-0.2, 0) is 53.1 Å². The fourth-order valence-corrected chi connectivity index (χ4v) is 20.0. The van der Waals surface area contributed by atoms with Crippen molar-refractivity contribution >= 4 is 134 Å². The third kappa shape index (κ3) is 24.4. The molecule has 0 spiro atoms. The minimum atomic E-state index is -3.64. The van der Waals surface area contributed by atoms with Crippen molar-refractivity contribution in [2.24, 2.45) is 20.0 Å². The number of anilines is 12. The van der Waals surface area contributed by atoms with E-state index in [1.807, 2.05) is 27.7 Å². The molecule has 0 bridgehead atoms. The van der Waals surface area contributed by atoms with Gasteiger partial charge in [-0.2, -0.15) is 30.2 Å². The van der Waals surface area contributed by atoms with Crippen LogP contribution < -0.4 is 46.1 Å². The average molecular weight is 1850 g/mol. The van der Waals surface area contributed by atoms with Crippen LogP contribution in [0.1, 0.15) is 190 Å². The molecule has 9 heterocycles. The smallest absolute Gasteiger partial charge is 0.229 e. The SMILES string of the molecule is COCCN1CCC(c2cc(OC3CC3)c(Nc3ncc(Cl)c(Nc4cn(C)nc4S(=O)(=O)C(C)C)n3)cc2C)CC1.COCCN1CCC(c2cc(OC3CC3)c(Nc3ncc(Cl)c(Nc4cn(C)nc4S(=O)(=O)CC(C)C)n3)cc2C)CC1.Cc1cc(Nc2ncc(Cl)c(Nc3cn(C4CC4)nc3S(=O)(=O)C(C)C)n2)c(OC(C)C)cc1C1CCN(C)CC1. The van der Waals surface area contributed by atoms with E-state index in [0.717, 1.165) is 177 Å². The Morgan fingerprint density at radius 2 is 0.794 bits per heavy atom. The molecule has 3 aliphatic heterocycles. The van der Waals surface area contributed by atoms with Crippen molar-refractivity contribution in [3.8, 4) is 17.2 Å². The first-order valence-corrected chi connectivity index (χ1v) is 49.5. The van der Waals surface area contributed by atoms with Gasteiger partial charge in [-0.3, -0.25) is 14.0 Å². The number of nitrogens with one attached hydrogen (secondary N) is 6. The zero-order valence-corrected chi connectivity index (χ0v) is 79.7. The van der Waals surface area contributed by atoms with Crippen LogP contribution in [0.4, 0.5) is 69.4 Å². The summed E-state index contributed by atoms with van der Waals surface area (Å²) in [7, 11) is -1.89. The maximum absolute atomic E-state index is 13.1. The molecule has 15 rings (SSSR count). The minimum absolute atomic E-state index is 0.00340. The van der Waals surface area contributed by atoms with Crippen LogP contribution in [-0.4, -0.2) is 221 Å². The Kier molecular flexibility index (Phi) is 31.1. The van der Waals surface area contributed by atoms with E-state index >= 15 is 0 Å². The molecule has 6 aliphatic rings. The zero-order valence-electron chi connectivity index (χ0n) is 75.0. The third-order valence-electron chi connectivity index (χ3n) is 23.1. The topological polar surface area (TPSA) is 361 Å². The number of aromatic nitrogens is 12. The van der Waals surface area contributed by atoms with Gasteiger partial charge in [0.2, 0.25) is 52.6 Å². The molecule has 3 aliphatic carbocycles. The van der Waals surface area contributed by atoms with Crippen LogP contribution in [0.15, 0.2) is 88.7 Å². The molecule has 684 valence electrons. The Morgan fingerprint density at radius 3 is 1.16 bits per heavy atom. The number of halogens is 3. The zero-order chi connectivity index (χ0) is 90.2. The molecule has 38 heteroatoms. The molecule has 6 N–H and O–H groups in total. The maximum Gasteiger partial charge on any atom is 0.229 e. The molecule has 3 saturated heterocycles. The van der Waals surface area contributed by atoms with Crippen LogP contribution >= 0.6 is 34.8 Å². The molecule has 6 aromatic heterocycles. The van der Waals surface area contributed by atoms with E-state index in [-0.39, 0.29) is 83.6 Å². The van der Waals surface area contributed by atoms with E-state index in [0.29, 0.717) is 52.7 Å².